The average Bonchev–Trinajstić information content (AvgIpc) is 3.34. The number of nitrogens with zero attached hydrogens (tertiary/aromatic N) is 1. The molecule has 2 aromatic heterocycles. The van der Waals surface area contributed by atoms with Crippen molar-refractivity contribution < 1.29 is 13.9 Å². The van der Waals surface area contributed by atoms with Gasteiger partial charge in [-0.2, -0.15) is 0 Å². The summed E-state index contributed by atoms with van der Waals surface area (Å²) in [5.41, 5.74) is 2.02. The van der Waals surface area contributed by atoms with Crippen LogP contribution in [0.25, 0.3) is 10.9 Å². The molecule has 3 heterocycles. The Morgan fingerprint density at radius 1 is 1.36 bits per heavy atom. The normalized spacial score (nSPS) is 17.4. The van der Waals surface area contributed by atoms with Crippen LogP contribution in [-0.2, 0) is 11.2 Å². The summed E-state index contributed by atoms with van der Waals surface area (Å²) < 4.78 is 11.1. The summed E-state index contributed by atoms with van der Waals surface area (Å²) in [7, 11) is 1.65. The van der Waals surface area contributed by atoms with Crippen LogP contribution in [0.4, 0.5) is 0 Å². The van der Waals surface area contributed by atoms with Crippen LogP contribution in [0.2, 0.25) is 0 Å². The summed E-state index contributed by atoms with van der Waals surface area (Å²) in [5, 5.41) is 1.04. The third kappa shape index (κ3) is 2.90. The lowest BCUT2D eigenvalue weighted by molar-refractivity contribution is -0.131. The Kier molecular flexibility index (Phi) is 3.99. The Hall–Kier alpha value is -2.69. The molecule has 0 radical (unpaired) electrons. The van der Waals surface area contributed by atoms with Gasteiger partial charge >= 0.3 is 0 Å². The van der Waals surface area contributed by atoms with Crippen LogP contribution in [0.3, 0.4) is 0 Å². The Balaban J connectivity index is 1.57. The molecule has 1 amide bonds. The summed E-state index contributed by atoms with van der Waals surface area (Å²) in [6.07, 6.45) is 4.27. The maximum Gasteiger partial charge on any atom is 0.227 e. The number of ether oxygens (including phenoxy) is 1. The van der Waals surface area contributed by atoms with Gasteiger partial charge in [0.25, 0.3) is 0 Å². The quantitative estimate of drug-likeness (QED) is 0.783. The topological polar surface area (TPSA) is 58.5 Å². The first-order valence-corrected chi connectivity index (χ1v) is 8.65. The minimum Gasteiger partial charge on any atom is -0.497 e. The van der Waals surface area contributed by atoms with E-state index in [-0.39, 0.29) is 11.9 Å². The molecule has 0 aliphatic carbocycles. The van der Waals surface area contributed by atoms with Gasteiger partial charge in [-0.3, -0.25) is 4.79 Å². The van der Waals surface area contributed by atoms with Crippen molar-refractivity contribution >= 4 is 16.8 Å². The summed E-state index contributed by atoms with van der Waals surface area (Å²) in [4.78, 5) is 18.1. The van der Waals surface area contributed by atoms with Gasteiger partial charge in [-0.25, -0.2) is 0 Å². The molecule has 25 heavy (non-hydrogen) atoms. The lowest BCUT2D eigenvalue weighted by Crippen LogP contribution is -2.31. The van der Waals surface area contributed by atoms with E-state index in [0.29, 0.717) is 6.42 Å². The lowest BCUT2D eigenvalue weighted by Gasteiger charge is -2.23. The fraction of sp³-hybridized carbons (Fsp3) is 0.350. The molecule has 1 N–H and O–H groups in total. The fourth-order valence-electron chi connectivity index (χ4n) is 3.69. The van der Waals surface area contributed by atoms with Crippen LogP contribution in [0.1, 0.15) is 36.0 Å². The first-order chi connectivity index (χ1) is 12.2. The van der Waals surface area contributed by atoms with Gasteiger partial charge in [0, 0.05) is 23.6 Å². The molecule has 4 rings (SSSR count). The molecular formula is C20H22N2O3. The fourth-order valence-corrected chi connectivity index (χ4v) is 3.69. The Morgan fingerprint density at radius 3 is 3.00 bits per heavy atom. The van der Waals surface area contributed by atoms with Gasteiger partial charge in [0.05, 0.1) is 19.6 Å². The Morgan fingerprint density at radius 2 is 2.24 bits per heavy atom. The molecule has 5 heteroatoms. The predicted molar refractivity (Wildman–Crippen MR) is 95.7 cm³/mol. The van der Waals surface area contributed by atoms with E-state index in [0.717, 1.165) is 53.1 Å². The van der Waals surface area contributed by atoms with Crippen LogP contribution in [-0.4, -0.2) is 29.4 Å². The number of benzene rings is 1. The van der Waals surface area contributed by atoms with Crippen LogP contribution < -0.4 is 4.74 Å². The average molecular weight is 338 g/mol. The van der Waals surface area contributed by atoms with E-state index in [1.165, 1.54) is 0 Å². The molecule has 0 saturated carbocycles. The number of hydrogen-bond acceptors (Lipinski definition) is 3. The molecule has 1 aliphatic heterocycles. The number of aromatic nitrogens is 1. The number of aromatic amines is 1. The number of fused-ring (bicyclic) bond motifs is 1. The van der Waals surface area contributed by atoms with Crippen molar-refractivity contribution in [2.75, 3.05) is 13.7 Å². The third-order valence-corrected chi connectivity index (χ3v) is 4.98. The standard InChI is InChI=1S/C20H22N2O3/c1-13-5-8-19(25-13)18-4-3-9-22(18)20(23)10-14-12-21-17-7-6-15(24-2)11-16(14)17/h5-8,11-12,18,21H,3-4,9-10H2,1-2H3/t18-/m1/s1. The third-order valence-electron chi connectivity index (χ3n) is 4.98. The maximum atomic E-state index is 12.9. The van der Waals surface area contributed by atoms with Gasteiger partial charge in [-0.1, -0.05) is 0 Å². The first-order valence-electron chi connectivity index (χ1n) is 8.65. The van der Waals surface area contributed by atoms with Crippen molar-refractivity contribution in [2.45, 2.75) is 32.2 Å². The number of rotatable bonds is 4. The van der Waals surface area contributed by atoms with E-state index < -0.39 is 0 Å². The highest BCUT2D eigenvalue weighted by atomic mass is 16.5. The summed E-state index contributed by atoms with van der Waals surface area (Å²) in [6.45, 7) is 2.72. The van der Waals surface area contributed by atoms with Crippen LogP contribution in [0.15, 0.2) is 40.9 Å². The zero-order chi connectivity index (χ0) is 17.4. The molecule has 1 atom stereocenters. The number of nitrogens with one attached hydrogen (secondary N) is 1. The minimum absolute atomic E-state index is 0.0564. The van der Waals surface area contributed by atoms with Gasteiger partial charge in [0.2, 0.25) is 5.91 Å². The van der Waals surface area contributed by atoms with E-state index in [4.69, 9.17) is 9.15 Å². The second-order valence-corrected chi connectivity index (χ2v) is 6.60. The van der Waals surface area contributed by atoms with Crippen molar-refractivity contribution in [1.29, 1.82) is 0 Å². The van der Waals surface area contributed by atoms with Crippen LogP contribution in [0, 0.1) is 6.92 Å². The van der Waals surface area contributed by atoms with Gasteiger partial charge in [-0.05, 0) is 55.7 Å². The highest BCUT2D eigenvalue weighted by Crippen LogP contribution is 2.34. The highest BCUT2D eigenvalue weighted by Gasteiger charge is 2.32. The molecular weight excluding hydrogens is 316 g/mol. The number of H-pyrrole nitrogens is 1. The Labute approximate surface area is 146 Å². The molecule has 0 unspecified atom stereocenters. The number of amides is 1. The SMILES string of the molecule is COc1ccc2[nH]cc(CC(=O)N3CCC[C@@H]3c3ccc(C)o3)c2c1. The summed E-state index contributed by atoms with van der Waals surface area (Å²) in [5.74, 6) is 2.72. The molecule has 1 aromatic carbocycles. The maximum absolute atomic E-state index is 12.9. The van der Waals surface area contributed by atoms with E-state index in [9.17, 15) is 4.79 Å². The van der Waals surface area contributed by atoms with Crippen molar-refractivity contribution in [1.82, 2.24) is 9.88 Å². The molecule has 5 nitrogen and oxygen atoms in total. The molecule has 130 valence electrons. The number of furan rings is 1. The van der Waals surface area contributed by atoms with Gasteiger partial charge in [0.1, 0.15) is 17.3 Å². The van der Waals surface area contributed by atoms with E-state index in [1.807, 2.05) is 48.4 Å². The van der Waals surface area contributed by atoms with Crippen LogP contribution in [0.5, 0.6) is 5.75 Å². The summed E-state index contributed by atoms with van der Waals surface area (Å²) >= 11 is 0. The zero-order valence-electron chi connectivity index (χ0n) is 14.5. The smallest absolute Gasteiger partial charge is 0.227 e. The second kappa shape index (κ2) is 6.31. The first kappa shape index (κ1) is 15.8. The predicted octanol–water partition coefficient (Wildman–Crippen LogP) is 3.98. The minimum atomic E-state index is 0.0564. The van der Waals surface area contributed by atoms with E-state index in [2.05, 4.69) is 4.98 Å². The monoisotopic (exact) mass is 338 g/mol. The number of carbonyl (C=O) groups is 1. The molecule has 1 fully saturated rings. The highest BCUT2D eigenvalue weighted by molar-refractivity contribution is 5.90. The van der Waals surface area contributed by atoms with E-state index in [1.54, 1.807) is 7.11 Å². The van der Waals surface area contributed by atoms with E-state index >= 15 is 0 Å². The zero-order valence-corrected chi connectivity index (χ0v) is 14.5. The van der Waals surface area contributed by atoms with Gasteiger partial charge in [-0.15, -0.1) is 0 Å². The largest absolute Gasteiger partial charge is 0.497 e. The number of likely N-dealkylation sites (tertiary alicyclic amines) is 1. The molecule has 1 saturated heterocycles. The lowest BCUT2D eigenvalue weighted by atomic mass is 10.1. The molecule has 0 bridgehead atoms. The van der Waals surface area contributed by atoms with Crippen molar-refractivity contribution in [3.8, 4) is 5.75 Å². The molecule has 0 spiro atoms. The number of aryl methyl sites for hydroxylation is 1. The molecule has 3 aromatic rings. The van der Waals surface area contributed by atoms with Crippen LogP contribution >= 0.6 is 0 Å². The van der Waals surface area contributed by atoms with Crippen molar-refractivity contribution in [3.05, 3.63) is 53.6 Å². The Bertz CT molecular complexity index is 909. The molecule has 1 aliphatic rings. The van der Waals surface area contributed by atoms with Gasteiger partial charge < -0.3 is 19.0 Å². The van der Waals surface area contributed by atoms with Crippen molar-refractivity contribution in [3.63, 3.8) is 0 Å². The van der Waals surface area contributed by atoms with Crippen molar-refractivity contribution in [2.24, 2.45) is 0 Å². The number of methoxy groups -OCH3 is 1. The summed E-state index contributed by atoms with van der Waals surface area (Å²) in [6, 6.07) is 9.88. The van der Waals surface area contributed by atoms with Gasteiger partial charge in [0.15, 0.2) is 0 Å². The number of hydrogen-bond donors (Lipinski definition) is 1. The second-order valence-electron chi connectivity index (χ2n) is 6.60. The number of carbonyl (C=O) groups excluding carboxylic acids is 1.